The van der Waals surface area contributed by atoms with E-state index in [1.54, 1.807) is 30.3 Å². The number of aromatic nitrogens is 1. The number of hydrogen-bond acceptors (Lipinski definition) is 6. The van der Waals surface area contributed by atoms with E-state index >= 15 is 0 Å². The average Bonchev–Trinajstić information content (AvgIpc) is 3.05. The Labute approximate surface area is 184 Å². The van der Waals surface area contributed by atoms with Crippen LogP contribution in [0.25, 0.3) is 6.08 Å². The smallest absolute Gasteiger partial charge is 0.255 e. The Kier molecular flexibility index (Phi) is 5.43. The van der Waals surface area contributed by atoms with Crippen molar-refractivity contribution in [3.8, 4) is 5.75 Å². The summed E-state index contributed by atoms with van der Waals surface area (Å²) in [5, 5.41) is 4.37. The van der Waals surface area contributed by atoms with Crippen LogP contribution in [0.1, 0.15) is 34.5 Å². The van der Waals surface area contributed by atoms with E-state index < -0.39 is 9.84 Å². The van der Waals surface area contributed by atoms with Crippen LogP contribution in [0.15, 0.2) is 65.0 Å². The molecule has 2 heterocycles. The number of nitrogens with one attached hydrogen (secondary N) is 1. The van der Waals surface area contributed by atoms with Gasteiger partial charge in [0.25, 0.3) is 5.91 Å². The summed E-state index contributed by atoms with van der Waals surface area (Å²) in [5.74, 6) is 0.249. The van der Waals surface area contributed by atoms with Gasteiger partial charge < -0.3 is 15.8 Å². The predicted molar refractivity (Wildman–Crippen MR) is 120 cm³/mol. The molecule has 0 unspecified atom stereocenters. The van der Waals surface area contributed by atoms with Crippen molar-refractivity contribution in [2.24, 2.45) is 0 Å². The Hall–Kier alpha value is -3.36. The summed E-state index contributed by atoms with van der Waals surface area (Å²) in [7, 11) is -3.40. The van der Waals surface area contributed by atoms with Crippen LogP contribution in [0.3, 0.4) is 0 Å². The topological polar surface area (TPSA) is 111 Å². The molecule has 0 aliphatic carbocycles. The van der Waals surface area contributed by atoms with Crippen molar-refractivity contribution in [3.05, 3.63) is 81.8 Å². The molecule has 1 aromatic heterocycles. The Bertz CT molecular complexity index is 1320. The van der Waals surface area contributed by atoms with E-state index in [-0.39, 0.29) is 22.7 Å². The lowest BCUT2D eigenvalue weighted by atomic mass is 10.1. The molecule has 2 aromatic carbocycles. The molecular weight excluding hydrogens is 438 g/mol. The van der Waals surface area contributed by atoms with E-state index in [0.717, 1.165) is 11.0 Å². The summed E-state index contributed by atoms with van der Waals surface area (Å²) in [6, 6.07) is 13.3. The molecule has 9 heteroatoms. The molecule has 0 saturated carbocycles. The second kappa shape index (κ2) is 8.05. The maximum atomic E-state index is 12.7. The van der Waals surface area contributed by atoms with Crippen LogP contribution in [0.5, 0.6) is 5.75 Å². The second-order valence-corrected chi connectivity index (χ2v) is 9.22. The molecule has 31 heavy (non-hydrogen) atoms. The van der Waals surface area contributed by atoms with E-state index in [9.17, 15) is 13.2 Å². The third kappa shape index (κ3) is 4.40. The molecule has 3 aromatic rings. The SMILES string of the molecule is C[C@@H](Oc1cc(Cl)cnc1N)c1cccc(NC(=O)c2ccc3c(c2)C=CS3(=O)=O)c1. The molecule has 4 rings (SSSR count). The van der Waals surface area contributed by atoms with E-state index in [2.05, 4.69) is 10.3 Å². The summed E-state index contributed by atoms with van der Waals surface area (Å²) in [6.45, 7) is 1.84. The lowest BCUT2D eigenvalue weighted by Crippen LogP contribution is -2.13. The number of sulfone groups is 1. The van der Waals surface area contributed by atoms with Crippen molar-refractivity contribution >= 4 is 44.9 Å². The minimum Gasteiger partial charge on any atom is -0.482 e. The highest BCUT2D eigenvalue weighted by atomic mass is 35.5. The van der Waals surface area contributed by atoms with Gasteiger partial charge >= 0.3 is 0 Å². The first-order valence-electron chi connectivity index (χ1n) is 9.29. The van der Waals surface area contributed by atoms with Gasteiger partial charge in [0.2, 0.25) is 0 Å². The number of benzene rings is 2. The number of hydrogen-bond donors (Lipinski definition) is 2. The molecule has 3 N–H and O–H groups in total. The third-order valence-electron chi connectivity index (χ3n) is 4.77. The number of nitrogen functional groups attached to an aromatic ring is 1. The fourth-order valence-corrected chi connectivity index (χ4v) is 4.51. The van der Waals surface area contributed by atoms with Crippen molar-refractivity contribution in [1.82, 2.24) is 4.98 Å². The molecule has 1 atom stereocenters. The number of amides is 1. The Morgan fingerprint density at radius 2 is 2.00 bits per heavy atom. The van der Waals surface area contributed by atoms with Gasteiger partial charge in [-0.05, 0) is 54.5 Å². The van der Waals surface area contributed by atoms with Gasteiger partial charge in [0.15, 0.2) is 21.4 Å². The van der Waals surface area contributed by atoms with Crippen molar-refractivity contribution in [2.75, 3.05) is 11.1 Å². The summed E-state index contributed by atoms with van der Waals surface area (Å²) in [6.07, 6.45) is 2.54. The zero-order valence-corrected chi connectivity index (χ0v) is 17.9. The van der Waals surface area contributed by atoms with Crippen LogP contribution in [-0.2, 0) is 9.84 Å². The van der Waals surface area contributed by atoms with Gasteiger partial charge in [-0.3, -0.25) is 4.79 Å². The molecule has 1 amide bonds. The highest BCUT2D eigenvalue weighted by Gasteiger charge is 2.22. The highest BCUT2D eigenvalue weighted by Crippen LogP contribution is 2.30. The number of nitrogens with zero attached hydrogens (tertiary/aromatic N) is 1. The molecule has 0 radical (unpaired) electrons. The first-order chi connectivity index (χ1) is 14.7. The highest BCUT2D eigenvalue weighted by molar-refractivity contribution is 7.94. The van der Waals surface area contributed by atoms with Gasteiger partial charge in [-0.15, -0.1) is 0 Å². The molecule has 7 nitrogen and oxygen atoms in total. The predicted octanol–water partition coefficient (Wildman–Crippen LogP) is 4.47. The largest absolute Gasteiger partial charge is 0.482 e. The fraction of sp³-hybridized carbons (Fsp3) is 0.0909. The maximum Gasteiger partial charge on any atom is 0.255 e. The number of rotatable bonds is 5. The van der Waals surface area contributed by atoms with Crippen molar-refractivity contribution in [3.63, 3.8) is 0 Å². The van der Waals surface area contributed by atoms with Crippen LogP contribution in [0.4, 0.5) is 11.5 Å². The van der Waals surface area contributed by atoms with Gasteiger partial charge in [0.05, 0.1) is 9.92 Å². The zero-order chi connectivity index (χ0) is 22.2. The number of carbonyl (C=O) groups is 1. The molecule has 0 saturated heterocycles. The first-order valence-corrected chi connectivity index (χ1v) is 11.2. The number of nitrogens with two attached hydrogens (primary N) is 1. The second-order valence-electron chi connectivity index (χ2n) is 6.98. The lowest BCUT2D eigenvalue weighted by molar-refractivity contribution is 0.102. The monoisotopic (exact) mass is 455 g/mol. The maximum absolute atomic E-state index is 12.7. The summed E-state index contributed by atoms with van der Waals surface area (Å²) in [5.41, 5.74) is 8.06. The molecule has 0 bridgehead atoms. The normalized spacial score (nSPS) is 14.6. The number of anilines is 2. The van der Waals surface area contributed by atoms with Gasteiger partial charge in [-0.25, -0.2) is 13.4 Å². The van der Waals surface area contributed by atoms with Gasteiger partial charge in [0, 0.05) is 28.9 Å². The first kappa shape index (κ1) is 20.9. The standard InChI is InChI=1S/C22H18ClN3O4S/c1-13(30-19-11-17(23)12-25-21(19)24)14-3-2-4-18(10-14)26-22(27)16-5-6-20-15(9-16)7-8-31(20,28)29/h2-13H,1H3,(H2,24,25)(H,26,27)/t13-/m1/s1. The van der Waals surface area contributed by atoms with Crippen LogP contribution < -0.4 is 15.8 Å². The average molecular weight is 456 g/mol. The molecule has 0 fully saturated rings. The van der Waals surface area contributed by atoms with Crippen molar-refractivity contribution in [1.29, 1.82) is 0 Å². The lowest BCUT2D eigenvalue weighted by Gasteiger charge is -2.17. The van der Waals surface area contributed by atoms with E-state index in [4.69, 9.17) is 22.1 Å². The van der Waals surface area contributed by atoms with Crippen LogP contribution in [-0.4, -0.2) is 19.3 Å². The summed E-state index contributed by atoms with van der Waals surface area (Å²) >= 11 is 5.95. The van der Waals surface area contributed by atoms with Crippen LogP contribution >= 0.6 is 11.6 Å². The summed E-state index contributed by atoms with van der Waals surface area (Å²) < 4.78 is 29.6. The van der Waals surface area contributed by atoms with E-state index in [1.807, 2.05) is 13.0 Å². The molecular formula is C22H18ClN3O4S. The Morgan fingerprint density at radius 3 is 2.81 bits per heavy atom. The number of fused-ring (bicyclic) bond motifs is 1. The number of ether oxygens (including phenoxy) is 1. The van der Waals surface area contributed by atoms with E-state index in [0.29, 0.717) is 27.6 Å². The van der Waals surface area contributed by atoms with Crippen molar-refractivity contribution < 1.29 is 17.9 Å². The number of pyridine rings is 1. The van der Waals surface area contributed by atoms with E-state index in [1.165, 1.54) is 24.4 Å². The minimum atomic E-state index is -3.40. The molecule has 1 aliphatic heterocycles. The quantitative estimate of drug-likeness (QED) is 0.587. The molecule has 1 aliphatic rings. The molecule has 158 valence electrons. The summed E-state index contributed by atoms with van der Waals surface area (Å²) in [4.78, 5) is 16.8. The minimum absolute atomic E-state index is 0.201. The molecule has 0 spiro atoms. The fourth-order valence-electron chi connectivity index (χ4n) is 3.17. The Balaban J connectivity index is 1.50. The van der Waals surface area contributed by atoms with Crippen molar-refractivity contribution in [2.45, 2.75) is 17.9 Å². The van der Waals surface area contributed by atoms with Crippen LogP contribution in [0.2, 0.25) is 5.02 Å². The van der Waals surface area contributed by atoms with Crippen LogP contribution in [0, 0.1) is 0 Å². The number of carbonyl (C=O) groups excluding carboxylic acids is 1. The third-order valence-corrected chi connectivity index (χ3v) is 6.46. The number of halogens is 1. The Morgan fingerprint density at radius 1 is 1.19 bits per heavy atom. The van der Waals surface area contributed by atoms with Gasteiger partial charge in [-0.2, -0.15) is 0 Å². The van der Waals surface area contributed by atoms with Gasteiger partial charge in [0.1, 0.15) is 6.10 Å². The van der Waals surface area contributed by atoms with Gasteiger partial charge in [-0.1, -0.05) is 23.7 Å². The zero-order valence-electron chi connectivity index (χ0n) is 16.4.